The van der Waals surface area contributed by atoms with Crippen LogP contribution in [0.25, 0.3) is 0 Å². The third-order valence-corrected chi connectivity index (χ3v) is 6.06. The second kappa shape index (κ2) is 7.39. The van der Waals surface area contributed by atoms with E-state index in [9.17, 15) is 9.59 Å². The summed E-state index contributed by atoms with van der Waals surface area (Å²) in [7, 11) is 0. The second-order valence-corrected chi connectivity index (χ2v) is 7.93. The van der Waals surface area contributed by atoms with Gasteiger partial charge in [-0.05, 0) is 48.6 Å². The molecule has 0 aliphatic carbocycles. The summed E-state index contributed by atoms with van der Waals surface area (Å²) in [6.07, 6.45) is 5.32. The summed E-state index contributed by atoms with van der Waals surface area (Å²) in [5.41, 5.74) is 1.89. The topological polar surface area (TPSA) is 62.6 Å². The summed E-state index contributed by atoms with van der Waals surface area (Å²) >= 11 is 6.26. The van der Waals surface area contributed by atoms with Gasteiger partial charge in [0.15, 0.2) is 0 Å². The second-order valence-electron chi connectivity index (χ2n) is 7.53. The number of carbonyl (C=O) groups excluding carboxylic acids is 2. The third kappa shape index (κ3) is 3.88. The quantitative estimate of drug-likeness (QED) is 0.855. The number of halogens is 1. The lowest BCUT2D eigenvalue weighted by Crippen LogP contribution is -2.45. The van der Waals surface area contributed by atoms with Crippen molar-refractivity contribution >= 4 is 23.4 Å². The van der Waals surface area contributed by atoms with Gasteiger partial charge in [0.2, 0.25) is 11.8 Å². The third-order valence-electron chi connectivity index (χ3n) is 5.71. The van der Waals surface area contributed by atoms with Gasteiger partial charge in [0, 0.05) is 42.9 Å². The van der Waals surface area contributed by atoms with Crippen molar-refractivity contribution in [3.8, 4) is 0 Å². The number of carbonyl (C=O) groups is 2. The molecular formula is C21H23ClN2O3. The van der Waals surface area contributed by atoms with Gasteiger partial charge in [0.25, 0.3) is 0 Å². The Labute approximate surface area is 163 Å². The number of fused-ring (bicyclic) bond motifs is 1. The van der Waals surface area contributed by atoms with Crippen LogP contribution in [0.3, 0.4) is 0 Å². The van der Waals surface area contributed by atoms with E-state index >= 15 is 0 Å². The van der Waals surface area contributed by atoms with Crippen LogP contribution in [0.5, 0.6) is 0 Å². The maximum absolute atomic E-state index is 12.8. The largest absolute Gasteiger partial charge is 0.469 e. The fraction of sp³-hybridized carbons (Fsp3) is 0.429. The number of nitrogens with zero attached hydrogens (tertiary/aromatic N) is 1. The first-order valence-corrected chi connectivity index (χ1v) is 9.80. The highest BCUT2D eigenvalue weighted by Crippen LogP contribution is 2.31. The van der Waals surface area contributed by atoms with Crippen LogP contribution in [0.2, 0.25) is 5.02 Å². The number of furan rings is 1. The molecule has 0 radical (unpaired) electrons. The molecule has 0 spiro atoms. The Morgan fingerprint density at radius 1 is 1.26 bits per heavy atom. The van der Waals surface area contributed by atoms with Crippen molar-refractivity contribution in [3.05, 3.63) is 58.5 Å². The first-order chi connectivity index (χ1) is 13.0. The molecule has 3 heterocycles. The Bertz CT molecular complexity index is 849. The summed E-state index contributed by atoms with van der Waals surface area (Å²) in [5.74, 6) is 1.02. The number of rotatable bonds is 5. The molecule has 4 rings (SSSR count). The molecule has 5 nitrogen and oxygen atoms in total. The van der Waals surface area contributed by atoms with Gasteiger partial charge in [-0.2, -0.15) is 0 Å². The Morgan fingerprint density at radius 2 is 2.15 bits per heavy atom. The van der Waals surface area contributed by atoms with Gasteiger partial charge in [-0.25, -0.2) is 0 Å². The minimum atomic E-state index is -0.387. The lowest BCUT2D eigenvalue weighted by atomic mass is 9.86. The highest BCUT2D eigenvalue weighted by atomic mass is 35.5. The number of amides is 2. The highest BCUT2D eigenvalue weighted by molar-refractivity contribution is 6.31. The molecule has 1 aromatic heterocycles. The molecular weight excluding hydrogens is 364 g/mol. The van der Waals surface area contributed by atoms with Crippen molar-refractivity contribution in [1.29, 1.82) is 0 Å². The zero-order valence-corrected chi connectivity index (χ0v) is 15.9. The van der Waals surface area contributed by atoms with Crippen molar-refractivity contribution in [2.24, 2.45) is 0 Å². The van der Waals surface area contributed by atoms with E-state index in [1.54, 1.807) is 6.26 Å². The predicted molar refractivity (Wildman–Crippen MR) is 102 cm³/mol. The normalized spacial score (nSPS) is 21.8. The monoisotopic (exact) mass is 386 g/mol. The van der Waals surface area contributed by atoms with Gasteiger partial charge in [-0.1, -0.05) is 23.7 Å². The zero-order valence-electron chi connectivity index (χ0n) is 15.2. The lowest BCUT2D eigenvalue weighted by Gasteiger charge is -2.32. The molecule has 1 aromatic carbocycles. The number of hydrogen-bond donors (Lipinski definition) is 1. The van der Waals surface area contributed by atoms with Gasteiger partial charge in [0.1, 0.15) is 5.76 Å². The number of nitrogens with one attached hydrogen (secondary N) is 1. The standard InChI is InChI=1S/C21H23ClN2O3/c22-18-5-1-3-15-14-24(11-8-17(15)18)20(26)7-10-21(9-6-19(25)23-21)13-16-4-2-12-27-16/h1-5,12H,6-11,13-14H2,(H,23,25)/t21-/m1/s1. The SMILES string of the molecule is O=C1CC[C@@](CCC(=O)N2CCc3c(Cl)cccc3C2)(Cc2ccco2)N1. The van der Waals surface area contributed by atoms with Crippen molar-refractivity contribution in [2.75, 3.05) is 6.54 Å². The average Bonchev–Trinajstić information content (AvgIpc) is 3.30. The predicted octanol–water partition coefficient (Wildman–Crippen LogP) is 3.49. The minimum absolute atomic E-state index is 0.0514. The Morgan fingerprint density at radius 3 is 2.89 bits per heavy atom. The van der Waals surface area contributed by atoms with E-state index in [-0.39, 0.29) is 17.4 Å². The van der Waals surface area contributed by atoms with Crippen molar-refractivity contribution in [2.45, 2.75) is 50.6 Å². The molecule has 2 aromatic rings. The van der Waals surface area contributed by atoms with E-state index < -0.39 is 0 Å². The van der Waals surface area contributed by atoms with Crippen molar-refractivity contribution in [3.63, 3.8) is 0 Å². The molecule has 2 amide bonds. The molecule has 2 aliphatic rings. The summed E-state index contributed by atoms with van der Waals surface area (Å²) in [6, 6.07) is 9.64. The molecule has 2 aliphatic heterocycles. The molecule has 6 heteroatoms. The summed E-state index contributed by atoms with van der Waals surface area (Å²) in [6.45, 7) is 1.29. The van der Waals surface area contributed by atoms with E-state index in [0.717, 1.165) is 34.8 Å². The fourth-order valence-electron chi connectivity index (χ4n) is 4.21. The number of benzene rings is 1. The van der Waals surface area contributed by atoms with E-state index in [1.807, 2.05) is 35.2 Å². The van der Waals surface area contributed by atoms with E-state index in [1.165, 1.54) is 0 Å². The molecule has 0 saturated carbocycles. The van der Waals surface area contributed by atoms with Crippen LogP contribution in [-0.4, -0.2) is 28.8 Å². The highest BCUT2D eigenvalue weighted by Gasteiger charge is 2.39. The van der Waals surface area contributed by atoms with Crippen LogP contribution in [0, 0.1) is 0 Å². The van der Waals surface area contributed by atoms with Crippen LogP contribution >= 0.6 is 11.6 Å². The molecule has 142 valence electrons. The fourth-order valence-corrected chi connectivity index (χ4v) is 4.50. The first-order valence-electron chi connectivity index (χ1n) is 9.42. The van der Waals surface area contributed by atoms with Crippen molar-refractivity contribution in [1.82, 2.24) is 10.2 Å². The van der Waals surface area contributed by atoms with E-state index in [4.69, 9.17) is 16.0 Å². The van der Waals surface area contributed by atoms with Gasteiger partial charge in [-0.15, -0.1) is 0 Å². The molecule has 0 bridgehead atoms. The Kier molecular flexibility index (Phi) is 4.96. The maximum Gasteiger partial charge on any atom is 0.222 e. The summed E-state index contributed by atoms with van der Waals surface area (Å²) in [4.78, 5) is 26.6. The Hall–Kier alpha value is -2.27. The molecule has 27 heavy (non-hydrogen) atoms. The summed E-state index contributed by atoms with van der Waals surface area (Å²) in [5, 5.41) is 3.88. The van der Waals surface area contributed by atoms with Gasteiger partial charge in [0.05, 0.1) is 6.26 Å². The summed E-state index contributed by atoms with van der Waals surface area (Å²) < 4.78 is 5.47. The lowest BCUT2D eigenvalue weighted by molar-refractivity contribution is -0.132. The molecule has 1 fully saturated rings. The van der Waals surface area contributed by atoms with Gasteiger partial charge in [-0.3, -0.25) is 9.59 Å². The van der Waals surface area contributed by atoms with Crippen LogP contribution in [0.1, 0.15) is 42.6 Å². The number of hydrogen-bond acceptors (Lipinski definition) is 3. The minimum Gasteiger partial charge on any atom is -0.469 e. The van der Waals surface area contributed by atoms with Crippen LogP contribution < -0.4 is 5.32 Å². The van der Waals surface area contributed by atoms with Gasteiger partial charge < -0.3 is 14.6 Å². The van der Waals surface area contributed by atoms with Crippen LogP contribution in [0.4, 0.5) is 0 Å². The van der Waals surface area contributed by atoms with E-state index in [0.29, 0.717) is 38.8 Å². The smallest absolute Gasteiger partial charge is 0.222 e. The average molecular weight is 387 g/mol. The maximum atomic E-state index is 12.8. The van der Waals surface area contributed by atoms with E-state index in [2.05, 4.69) is 5.32 Å². The molecule has 0 unspecified atom stereocenters. The molecule has 1 N–H and O–H groups in total. The van der Waals surface area contributed by atoms with Crippen molar-refractivity contribution < 1.29 is 14.0 Å². The molecule has 1 atom stereocenters. The zero-order chi connectivity index (χ0) is 18.9. The van der Waals surface area contributed by atoms with Gasteiger partial charge >= 0.3 is 0 Å². The molecule has 1 saturated heterocycles. The Balaban J connectivity index is 1.41. The van der Waals surface area contributed by atoms with Crippen LogP contribution in [-0.2, 0) is 29.0 Å². The van der Waals surface area contributed by atoms with Crippen LogP contribution in [0.15, 0.2) is 41.0 Å². The first kappa shape index (κ1) is 18.1.